The average Bonchev–Trinajstić information content (AvgIpc) is 2.36. The SMILES string of the molecule is C=N/N=C\C=C(/C)B1OC(C)(C)C(C)(C)O1. The molecule has 1 heterocycles. The van der Waals surface area contributed by atoms with E-state index >= 15 is 0 Å². The Kier molecular flexibility index (Phi) is 3.70. The van der Waals surface area contributed by atoms with Gasteiger partial charge in [-0.1, -0.05) is 0 Å². The molecule has 1 aliphatic rings. The van der Waals surface area contributed by atoms with Crippen LogP contribution in [-0.4, -0.2) is 31.3 Å². The fourth-order valence-electron chi connectivity index (χ4n) is 1.31. The third-order valence-corrected chi connectivity index (χ3v) is 3.11. The van der Waals surface area contributed by atoms with Crippen LogP contribution in [0.3, 0.4) is 0 Å². The van der Waals surface area contributed by atoms with E-state index < -0.39 is 0 Å². The Labute approximate surface area is 97.6 Å². The quantitative estimate of drug-likeness (QED) is 0.417. The Balaban J connectivity index is 2.76. The molecule has 4 nitrogen and oxygen atoms in total. The fourth-order valence-corrected chi connectivity index (χ4v) is 1.31. The van der Waals surface area contributed by atoms with Crippen LogP contribution in [0.5, 0.6) is 0 Å². The molecule has 0 spiro atoms. The summed E-state index contributed by atoms with van der Waals surface area (Å²) in [5.74, 6) is 0. The maximum atomic E-state index is 5.86. The monoisotopic (exact) mass is 222 g/mol. The molecule has 0 amide bonds. The van der Waals surface area contributed by atoms with Gasteiger partial charge in [-0.2, -0.15) is 10.2 Å². The van der Waals surface area contributed by atoms with Crippen molar-refractivity contribution in [1.82, 2.24) is 0 Å². The lowest BCUT2D eigenvalue weighted by Crippen LogP contribution is -2.41. The molecular weight excluding hydrogens is 203 g/mol. The number of hydrogen-bond acceptors (Lipinski definition) is 4. The van der Waals surface area contributed by atoms with Crippen molar-refractivity contribution < 1.29 is 9.31 Å². The van der Waals surface area contributed by atoms with E-state index in [0.29, 0.717) is 0 Å². The van der Waals surface area contributed by atoms with Gasteiger partial charge in [-0.15, -0.1) is 0 Å². The van der Waals surface area contributed by atoms with Gasteiger partial charge in [0.05, 0.1) is 11.2 Å². The molecule has 0 aromatic heterocycles. The van der Waals surface area contributed by atoms with E-state index in [1.807, 2.05) is 40.7 Å². The first-order valence-corrected chi connectivity index (χ1v) is 5.31. The largest absolute Gasteiger partial charge is 0.490 e. The molecule has 0 saturated carbocycles. The van der Waals surface area contributed by atoms with E-state index in [1.54, 1.807) is 6.21 Å². The number of nitrogens with zero attached hydrogens (tertiary/aromatic N) is 2. The summed E-state index contributed by atoms with van der Waals surface area (Å²) in [7, 11) is -0.318. The third-order valence-electron chi connectivity index (χ3n) is 3.11. The van der Waals surface area contributed by atoms with Gasteiger partial charge in [0.1, 0.15) is 0 Å². The average molecular weight is 222 g/mol. The molecule has 88 valence electrons. The molecule has 1 saturated heterocycles. The van der Waals surface area contributed by atoms with Gasteiger partial charge in [0, 0.05) is 12.9 Å². The molecule has 1 fully saturated rings. The van der Waals surface area contributed by atoms with Crippen LogP contribution >= 0.6 is 0 Å². The van der Waals surface area contributed by atoms with Gasteiger partial charge in [-0.05, 0) is 46.2 Å². The molecule has 1 aliphatic heterocycles. The molecule has 0 atom stereocenters. The Morgan fingerprint density at radius 2 is 1.69 bits per heavy atom. The van der Waals surface area contributed by atoms with Gasteiger partial charge in [0.2, 0.25) is 0 Å². The predicted molar refractivity (Wildman–Crippen MR) is 67.9 cm³/mol. The Hall–Kier alpha value is -0.935. The zero-order chi connectivity index (χ0) is 12.4. The molecule has 16 heavy (non-hydrogen) atoms. The lowest BCUT2D eigenvalue weighted by molar-refractivity contribution is 0.00578. The van der Waals surface area contributed by atoms with Gasteiger partial charge in [-0.3, -0.25) is 0 Å². The highest BCUT2D eigenvalue weighted by molar-refractivity contribution is 6.54. The van der Waals surface area contributed by atoms with E-state index in [0.717, 1.165) is 5.47 Å². The normalized spacial score (nSPS) is 24.1. The second-order valence-electron chi connectivity index (χ2n) is 4.90. The van der Waals surface area contributed by atoms with Crippen LogP contribution in [-0.2, 0) is 9.31 Å². The first-order valence-electron chi connectivity index (χ1n) is 5.31. The number of allylic oxidation sites excluding steroid dienone is 2. The van der Waals surface area contributed by atoms with Crippen molar-refractivity contribution >= 4 is 20.1 Å². The van der Waals surface area contributed by atoms with Crippen molar-refractivity contribution in [3.05, 3.63) is 11.5 Å². The smallest absolute Gasteiger partial charge is 0.400 e. The van der Waals surface area contributed by atoms with Gasteiger partial charge < -0.3 is 9.31 Å². The van der Waals surface area contributed by atoms with Crippen LogP contribution in [0.4, 0.5) is 0 Å². The maximum absolute atomic E-state index is 5.86. The zero-order valence-corrected chi connectivity index (χ0v) is 10.7. The van der Waals surface area contributed by atoms with Gasteiger partial charge in [-0.25, -0.2) is 0 Å². The summed E-state index contributed by atoms with van der Waals surface area (Å²) >= 11 is 0. The standard InChI is InChI=1S/C11H19BN2O2/c1-9(7-8-14-13-6)12-15-10(2,3)11(4,5)16-12/h7-8H,6H2,1-5H3/b9-7+,14-8-. The maximum Gasteiger partial charge on any atom is 0.490 e. The highest BCUT2D eigenvalue weighted by atomic mass is 16.7. The summed E-state index contributed by atoms with van der Waals surface area (Å²) in [5.41, 5.74) is 0.354. The highest BCUT2D eigenvalue weighted by Crippen LogP contribution is 2.38. The van der Waals surface area contributed by atoms with Crippen LogP contribution in [0.2, 0.25) is 0 Å². The van der Waals surface area contributed by atoms with Gasteiger partial charge >= 0.3 is 7.12 Å². The second-order valence-corrected chi connectivity index (χ2v) is 4.90. The molecule has 0 bridgehead atoms. The van der Waals surface area contributed by atoms with Gasteiger partial charge in [0.15, 0.2) is 0 Å². The Morgan fingerprint density at radius 1 is 1.19 bits per heavy atom. The van der Waals surface area contributed by atoms with Crippen molar-refractivity contribution in [2.45, 2.75) is 45.8 Å². The summed E-state index contributed by atoms with van der Waals surface area (Å²) in [5, 5.41) is 7.04. The molecule has 5 heteroatoms. The molecule has 0 aromatic rings. The van der Waals surface area contributed by atoms with Crippen LogP contribution in [0, 0.1) is 0 Å². The van der Waals surface area contributed by atoms with Gasteiger partial charge in [0.25, 0.3) is 0 Å². The van der Waals surface area contributed by atoms with Crippen LogP contribution in [0.25, 0.3) is 0 Å². The molecule has 0 aromatic carbocycles. The summed E-state index contributed by atoms with van der Waals surface area (Å²) in [6.07, 6.45) is 3.39. The summed E-state index contributed by atoms with van der Waals surface area (Å²) < 4.78 is 11.7. The molecule has 0 radical (unpaired) electrons. The van der Waals surface area contributed by atoms with Crippen molar-refractivity contribution in [3.63, 3.8) is 0 Å². The number of hydrogen-bond donors (Lipinski definition) is 0. The zero-order valence-electron chi connectivity index (χ0n) is 10.7. The summed E-state index contributed by atoms with van der Waals surface area (Å²) in [6, 6.07) is 0. The molecular formula is C11H19BN2O2. The summed E-state index contributed by atoms with van der Waals surface area (Å²) in [4.78, 5) is 0. The van der Waals surface area contributed by atoms with Crippen LogP contribution < -0.4 is 0 Å². The Morgan fingerprint density at radius 3 is 2.12 bits per heavy atom. The topological polar surface area (TPSA) is 43.2 Å². The minimum atomic E-state index is -0.318. The molecule has 0 unspecified atom stereocenters. The van der Waals surface area contributed by atoms with Crippen molar-refractivity contribution in [2.75, 3.05) is 0 Å². The lowest BCUT2D eigenvalue weighted by Gasteiger charge is -2.32. The van der Waals surface area contributed by atoms with Crippen molar-refractivity contribution in [2.24, 2.45) is 10.2 Å². The van der Waals surface area contributed by atoms with E-state index in [4.69, 9.17) is 9.31 Å². The Bertz CT molecular complexity index is 319. The van der Waals surface area contributed by atoms with Crippen LogP contribution in [0.15, 0.2) is 21.8 Å². The minimum absolute atomic E-state index is 0.305. The van der Waals surface area contributed by atoms with E-state index in [1.165, 1.54) is 0 Å². The number of rotatable bonds is 3. The van der Waals surface area contributed by atoms with E-state index in [9.17, 15) is 0 Å². The van der Waals surface area contributed by atoms with Crippen molar-refractivity contribution in [3.8, 4) is 0 Å². The lowest BCUT2D eigenvalue weighted by atomic mass is 9.79. The van der Waals surface area contributed by atoms with Crippen LogP contribution in [0.1, 0.15) is 34.6 Å². The highest BCUT2D eigenvalue weighted by Gasteiger charge is 2.51. The van der Waals surface area contributed by atoms with Crippen molar-refractivity contribution in [1.29, 1.82) is 0 Å². The summed E-state index contributed by atoms with van der Waals surface area (Å²) in [6.45, 7) is 13.3. The minimum Gasteiger partial charge on any atom is -0.400 e. The fraction of sp³-hybridized carbons (Fsp3) is 0.636. The van der Waals surface area contributed by atoms with E-state index in [-0.39, 0.29) is 18.3 Å². The van der Waals surface area contributed by atoms with E-state index in [2.05, 4.69) is 16.9 Å². The molecule has 0 N–H and O–H groups in total. The predicted octanol–water partition coefficient (Wildman–Crippen LogP) is 2.25. The second kappa shape index (κ2) is 4.51. The molecule has 1 rings (SSSR count). The first kappa shape index (κ1) is 13.1. The first-order chi connectivity index (χ1) is 7.30. The third kappa shape index (κ3) is 2.60. The molecule has 0 aliphatic carbocycles.